The molecule has 0 aromatic heterocycles. The molecule has 2 heterocycles. The van der Waals surface area contributed by atoms with Gasteiger partial charge < -0.3 is 9.64 Å². The van der Waals surface area contributed by atoms with Crippen LogP contribution in [0, 0.1) is 6.92 Å². The quantitative estimate of drug-likeness (QED) is 0.632. The minimum Gasteiger partial charge on any atom is -0.476 e. The Kier molecular flexibility index (Phi) is 4.70. The maximum absolute atomic E-state index is 13.5. The van der Waals surface area contributed by atoms with Crippen LogP contribution in [0.15, 0.2) is 77.7 Å². The Morgan fingerprint density at radius 2 is 1.61 bits per heavy atom. The molecule has 158 valence electrons. The zero-order valence-electron chi connectivity index (χ0n) is 17.1. The largest absolute Gasteiger partial charge is 0.476 e. The van der Waals surface area contributed by atoms with Gasteiger partial charge in [0, 0.05) is 12.2 Å². The van der Waals surface area contributed by atoms with Gasteiger partial charge in [-0.3, -0.25) is 9.10 Å². The minimum atomic E-state index is -3.86. The Labute approximate surface area is 181 Å². The number of para-hydroxylation sites is 3. The number of anilines is 2. The summed E-state index contributed by atoms with van der Waals surface area (Å²) in [6.45, 7) is 2.39. The number of sulfonamides is 1. The van der Waals surface area contributed by atoms with E-state index < -0.39 is 16.1 Å². The smallest absolute Gasteiger partial charge is 0.269 e. The lowest BCUT2D eigenvalue weighted by Gasteiger charge is -2.36. The van der Waals surface area contributed by atoms with Gasteiger partial charge in [0.05, 0.1) is 17.1 Å². The van der Waals surface area contributed by atoms with Crippen molar-refractivity contribution in [3.63, 3.8) is 0 Å². The predicted molar refractivity (Wildman–Crippen MR) is 119 cm³/mol. The lowest BCUT2D eigenvalue weighted by Crippen LogP contribution is -2.51. The van der Waals surface area contributed by atoms with Crippen LogP contribution in [0.1, 0.15) is 11.1 Å². The van der Waals surface area contributed by atoms with Gasteiger partial charge in [-0.1, -0.05) is 48.0 Å². The van der Waals surface area contributed by atoms with Crippen molar-refractivity contribution in [2.24, 2.45) is 0 Å². The molecular formula is C24H22N2O4S. The monoisotopic (exact) mass is 434 g/mol. The number of ether oxygens (including phenoxy) is 1. The van der Waals surface area contributed by atoms with Gasteiger partial charge in [0.25, 0.3) is 15.9 Å². The van der Waals surface area contributed by atoms with E-state index in [4.69, 9.17) is 4.74 Å². The third kappa shape index (κ3) is 3.35. The second-order valence-electron chi connectivity index (χ2n) is 7.79. The molecule has 0 saturated carbocycles. The van der Waals surface area contributed by atoms with Crippen molar-refractivity contribution >= 4 is 27.3 Å². The van der Waals surface area contributed by atoms with Crippen LogP contribution in [0.2, 0.25) is 0 Å². The number of hydrogen-bond donors (Lipinski definition) is 0. The summed E-state index contributed by atoms with van der Waals surface area (Å²) in [4.78, 5) is 15.3. The molecule has 1 atom stereocenters. The molecule has 0 saturated heterocycles. The van der Waals surface area contributed by atoms with Crippen LogP contribution < -0.4 is 13.9 Å². The molecule has 2 aliphatic rings. The van der Waals surface area contributed by atoms with Crippen molar-refractivity contribution in [2.75, 3.05) is 22.3 Å². The Hall–Kier alpha value is -3.32. The van der Waals surface area contributed by atoms with Crippen LogP contribution in [0.5, 0.6) is 5.75 Å². The molecule has 2 aliphatic heterocycles. The van der Waals surface area contributed by atoms with Gasteiger partial charge in [-0.15, -0.1) is 0 Å². The lowest BCUT2D eigenvalue weighted by atomic mass is 10.1. The molecule has 0 radical (unpaired) electrons. The zero-order chi connectivity index (χ0) is 21.6. The maximum Gasteiger partial charge on any atom is 0.269 e. The Morgan fingerprint density at radius 3 is 2.39 bits per heavy atom. The van der Waals surface area contributed by atoms with Crippen molar-refractivity contribution in [1.82, 2.24) is 0 Å². The number of amides is 1. The Balaban J connectivity index is 1.51. The highest BCUT2D eigenvalue weighted by molar-refractivity contribution is 7.92. The van der Waals surface area contributed by atoms with E-state index in [1.165, 1.54) is 4.31 Å². The van der Waals surface area contributed by atoms with E-state index in [0.29, 0.717) is 18.0 Å². The number of carbonyl (C=O) groups excluding carboxylic acids is 1. The van der Waals surface area contributed by atoms with E-state index >= 15 is 0 Å². The first-order valence-electron chi connectivity index (χ1n) is 10.2. The van der Waals surface area contributed by atoms with Crippen LogP contribution in [0.25, 0.3) is 0 Å². The SMILES string of the molecule is Cc1ccc(S(=O)(=O)N2C[C@@H](C(=O)N3CCc4ccccc43)Oc3ccccc32)cc1. The highest BCUT2D eigenvalue weighted by Gasteiger charge is 2.40. The molecule has 3 aromatic carbocycles. The summed E-state index contributed by atoms with van der Waals surface area (Å²) in [7, 11) is -3.86. The summed E-state index contributed by atoms with van der Waals surface area (Å²) in [5, 5.41) is 0. The second-order valence-corrected chi connectivity index (χ2v) is 9.65. The molecular weight excluding hydrogens is 412 g/mol. The molecule has 5 rings (SSSR count). The van der Waals surface area contributed by atoms with Crippen molar-refractivity contribution < 1.29 is 17.9 Å². The van der Waals surface area contributed by atoms with E-state index in [1.807, 2.05) is 31.2 Å². The molecule has 3 aromatic rings. The third-order valence-corrected chi connectivity index (χ3v) is 7.57. The molecule has 0 aliphatic carbocycles. The molecule has 0 N–H and O–H groups in total. The van der Waals surface area contributed by atoms with Gasteiger partial charge in [0.15, 0.2) is 6.10 Å². The van der Waals surface area contributed by atoms with Crippen LogP contribution in [0.4, 0.5) is 11.4 Å². The fourth-order valence-corrected chi connectivity index (χ4v) is 5.61. The topological polar surface area (TPSA) is 66.9 Å². The fraction of sp³-hybridized carbons (Fsp3) is 0.208. The Bertz CT molecular complexity index is 1250. The van der Waals surface area contributed by atoms with Gasteiger partial charge in [-0.25, -0.2) is 8.42 Å². The van der Waals surface area contributed by atoms with Crippen LogP contribution in [-0.4, -0.2) is 33.5 Å². The first-order chi connectivity index (χ1) is 14.9. The van der Waals surface area contributed by atoms with Crippen molar-refractivity contribution in [3.8, 4) is 5.75 Å². The van der Waals surface area contributed by atoms with E-state index in [2.05, 4.69) is 0 Å². The van der Waals surface area contributed by atoms with Gasteiger partial charge in [0.1, 0.15) is 5.75 Å². The molecule has 1 amide bonds. The van der Waals surface area contributed by atoms with Crippen molar-refractivity contribution in [3.05, 3.63) is 83.9 Å². The first-order valence-corrected chi connectivity index (χ1v) is 11.6. The normalized spacial score (nSPS) is 17.6. The number of nitrogens with zero attached hydrogens (tertiary/aromatic N) is 2. The summed E-state index contributed by atoms with van der Waals surface area (Å²) in [5.74, 6) is 0.152. The van der Waals surface area contributed by atoms with Crippen molar-refractivity contribution in [1.29, 1.82) is 0 Å². The standard InChI is InChI=1S/C24H22N2O4S/c1-17-10-12-19(13-11-17)31(28,29)26-16-23(30-22-9-5-4-8-21(22)26)24(27)25-15-14-18-6-2-3-7-20(18)25/h2-13,23H,14-16H2,1H3/t23-/m0/s1. The highest BCUT2D eigenvalue weighted by atomic mass is 32.2. The Morgan fingerprint density at radius 1 is 0.935 bits per heavy atom. The lowest BCUT2D eigenvalue weighted by molar-refractivity contribution is -0.125. The van der Waals surface area contributed by atoms with E-state index in [0.717, 1.165) is 23.2 Å². The van der Waals surface area contributed by atoms with Crippen molar-refractivity contribution in [2.45, 2.75) is 24.3 Å². The number of fused-ring (bicyclic) bond motifs is 2. The molecule has 0 fully saturated rings. The average Bonchev–Trinajstić information content (AvgIpc) is 3.22. The zero-order valence-corrected chi connectivity index (χ0v) is 17.9. The molecule has 0 spiro atoms. The van der Waals surface area contributed by atoms with E-state index in [9.17, 15) is 13.2 Å². The van der Waals surface area contributed by atoms with Gasteiger partial charge >= 0.3 is 0 Å². The van der Waals surface area contributed by atoms with Gasteiger partial charge in [-0.05, 0) is 49.2 Å². The van der Waals surface area contributed by atoms with Gasteiger partial charge in [-0.2, -0.15) is 0 Å². The van der Waals surface area contributed by atoms with Crippen LogP contribution >= 0.6 is 0 Å². The second kappa shape index (κ2) is 7.42. The summed E-state index contributed by atoms with van der Waals surface area (Å²) < 4.78 is 34.3. The predicted octanol–water partition coefficient (Wildman–Crippen LogP) is 3.54. The van der Waals surface area contributed by atoms with Crippen LogP contribution in [-0.2, 0) is 21.2 Å². The highest BCUT2D eigenvalue weighted by Crippen LogP contribution is 2.38. The number of rotatable bonds is 3. The minimum absolute atomic E-state index is 0.0786. The summed E-state index contributed by atoms with van der Waals surface area (Å²) in [6.07, 6.45) is -0.155. The summed E-state index contributed by atoms with van der Waals surface area (Å²) in [6, 6.07) is 21.4. The molecule has 0 unspecified atom stereocenters. The fourth-order valence-electron chi connectivity index (χ4n) is 4.14. The van der Waals surface area contributed by atoms with Crippen LogP contribution in [0.3, 0.4) is 0 Å². The van der Waals surface area contributed by atoms with Gasteiger partial charge in [0.2, 0.25) is 0 Å². The summed E-state index contributed by atoms with van der Waals surface area (Å²) in [5.41, 5.74) is 3.38. The van der Waals surface area contributed by atoms with E-state index in [-0.39, 0.29) is 17.3 Å². The molecule has 0 bridgehead atoms. The molecule has 31 heavy (non-hydrogen) atoms. The number of aryl methyl sites for hydroxylation is 1. The summed E-state index contributed by atoms with van der Waals surface area (Å²) >= 11 is 0. The molecule has 6 nitrogen and oxygen atoms in total. The number of hydrogen-bond acceptors (Lipinski definition) is 4. The number of carbonyl (C=O) groups is 1. The molecule has 7 heteroatoms. The average molecular weight is 435 g/mol. The first kappa shape index (κ1) is 19.6. The third-order valence-electron chi connectivity index (χ3n) is 5.77. The maximum atomic E-state index is 13.5. The van der Waals surface area contributed by atoms with E-state index in [1.54, 1.807) is 53.4 Å². The number of benzene rings is 3.